The predicted molar refractivity (Wildman–Crippen MR) is 72.1 cm³/mol. The maximum atomic E-state index is 12.0. The fourth-order valence-electron chi connectivity index (χ4n) is 1.90. The zero-order chi connectivity index (χ0) is 14.0. The molecule has 7 heteroatoms. The van der Waals surface area contributed by atoms with Gasteiger partial charge in [0.25, 0.3) is 5.91 Å². The molecule has 1 unspecified atom stereocenters. The molecule has 1 amide bonds. The number of halogens is 1. The lowest BCUT2D eigenvalue weighted by Crippen LogP contribution is -2.27. The van der Waals surface area contributed by atoms with Crippen molar-refractivity contribution in [3.05, 3.63) is 34.4 Å². The van der Waals surface area contributed by atoms with Gasteiger partial charge in [-0.15, -0.1) is 0 Å². The molecule has 0 saturated heterocycles. The highest BCUT2D eigenvalue weighted by atomic mass is 35.5. The average Bonchev–Trinajstić information content (AvgIpc) is 2.95. The Morgan fingerprint density at radius 1 is 1.63 bits per heavy atom. The SMILES string of the molecule is CCn1cc(C(C)NC(=O)c2[nH]ncc2Cl)c(C)n1. The smallest absolute Gasteiger partial charge is 0.271 e. The number of amides is 1. The van der Waals surface area contributed by atoms with Crippen molar-refractivity contribution in [2.45, 2.75) is 33.4 Å². The second kappa shape index (κ2) is 5.44. The molecule has 2 aromatic heterocycles. The molecule has 6 nitrogen and oxygen atoms in total. The molecule has 0 aliphatic heterocycles. The Hall–Kier alpha value is -1.82. The number of carbonyl (C=O) groups is 1. The van der Waals surface area contributed by atoms with Crippen molar-refractivity contribution in [1.82, 2.24) is 25.3 Å². The van der Waals surface area contributed by atoms with Gasteiger partial charge in [0.2, 0.25) is 0 Å². The number of nitrogens with zero attached hydrogens (tertiary/aromatic N) is 3. The van der Waals surface area contributed by atoms with Crippen molar-refractivity contribution in [3.8, 4) is 0 Å². The lowest BCUT2D eigenvalue weighted by molar-refractivity contribution is 0.0935. The van der Waals surface area contributed by atoms with Crippen LogP contribution in [0.5, 0.6) is 0 Å². The molecule has 102 valence electrons. The van der Waals surface area contributed by atoms with Crippen LogP contribution in [0, 0.1) is 6.92 Å². The normalized spacial score (nSPS) is 12.4. The lowest BCUT2D eigenvalue weighted by atomic mass is 10.1. The molecular formula is C12H16ClN5O. The number of carbonyl (C=O) groups excluding carboxylic acids is 1. The molecule has 0 saturated carbocycles. The van der Waals surface area contributed by atoms with Gasteiger partial charge in [-0.05, 0) is 20.8 Å². The Morgan fingerprint density at radius 2 is 2.37 bits per heavy atom. The number of rotatable bonds is 4. The number of aryl methyl sites for hydroxylation is 2. The number of hydrogen-bond donors (Lipinski definition) is 2. The third-order valence-electron chi connectivity index (χ3n) is 2.94. The lowest BCUT2D eigenvalue weighted by Gasteiger charge is -2.12. The molecule has 2 heterocycles. The summed E-state index contributed by atoms with van der Waals surface area (Å²) in [5.41, 5.74) is 2.17. The Kier molecular flexibility index (Phi) is 3.90. The van der Waals surface area contributed by atoms with Gasteiger partial charge >= 0.3 is 0 Å². The van der Waals surface area contributed by atoms with Gasteiger partial charge in [-0.1, -0.05) is 11.6 Å². The minimum Gasteiger partial charge on any atom is -0.344 e. The molecule has 0 radical (unpaired) electrons. The van der Waals surface area contributed by atoms with Gasteiger partial charge in [-0.25, -0.2) is 0 Å². The monoisotopic (exact) mass is 281 g/mol. The van der Waals surface area contributed by atoms with Crippen LogP contribution in [0.4, 0.5) is 0 Å². The first-order valence-electron chi connectivity index (χ1n) is 6.06. The van der Waals surface area contributed by atoms with Crippen LogP contribution in [0.25, 0.3) is 0 Å². The van der Waals surface area contributed by atoms with E-state index < -0.39 is 0 Å². The van der Waals surface area contributed by atoms with Gasteiger partial charge in [0.1, 0.15) is 5.69 Å². The molecule has 0 aliphatic rings. The highest BCUT2D eigenvalue weighted by Crippen LogP contribution is 2.18. The number of aromatic amines is 1. The average molecular weight is 282 g/mol. The molecule has 2 rings (SSSR count). The second-order valence-corrected chi connectivity index (χ2v) is 4.72. The van der Waals surface area contributed by atoms with E-state index in [-0.39, 0.29) is 17.6 Å². The number of nitrogens with one attached hydrogen (secondary N) is 2. The second-order valence-electron chi connectivity index (χ2n) is 4.31. The fourth-order valence-corrected chi connectivity index (χ4v) is 2.07. The quantitative estimate of drug-likeness (QED) is 0.901. The van der Waals surface area contributed by atoms with E-state index in [4.69, 9.17) is 11.6 Å². The first-order valence-corrected chi connectivity index (χ1v) is 6.44. The van der Waals surface area contributed by atoms with Gasteiger partial charge < -0.3 is 5.32 Å². The summed E-state index contributed by atoms with van der Waals surface area (Å²) < 4.78 is 1.84. The highest BCUT2D eigenvalue weighted by Gasteiger charge is 2.18. The maximum absolute atomic E-state index is 12.0. The third-order valence-corrected chi connectivity index (χ3v) is 3.23. The van der Waals surface area contributed by atoms with E-state index >= 15 is 0 Å². The van der Waals surface area contributed by atoms with Crippen LogP contribution in [0.3, 0.4) is 0 Å². The molecule has 19 heavy (non-hydrogen) atoms. The van der Waals surface area contributed by atoms with Crippen molar-refractivity contribution in [3.63, 3.8) is 0 Å². The van der Waals surface area contributed by atoms with Crippen LogP contribution in [0.1, 0.15) is 41.6 Å². The van der Waals surface area contributed by atoms with Gasteiger partial charge in [0.05, 0.1) is 23.0 Å². The van der Waals surface area contributed by atoms with Crippen molar-refractivity contribution in [1.29, 1.82) is 0 Å². The van der Waals surface area contributed by atoms with Crippen LogP contribution < -0.4 is 5.32 Å². The Labute approximate surface area is 116 Å². The zero-order valence-electron chi connectivity index (χ0n) is 11.1. The van der Waals surface area contributed by atoms with E-state index in [1.165, 1.54) is 6.20 Å². The summed E-state index contributed by atoms with van der Waals surface area (Å²) in [5.74, 6) is -0.279. The van der Waals surface area contributed by atoms with Gasteiger partial charge in [0.15, 0.2) is 0 Å². The van der Waals surface area contributed by atoms with Crippen LogP contribution >= 0.6 is 11.6 Å². The van der Waals surface area contributed by atoms with Crippen LogP contribution in [0.2, 0.25) is 5.02 Å². The Bertz CT molecular complexity index is 589. The number of hydrogen-bond acceptors (Lipinski definition) is 3. The summed E-state index contributed by atoms with van der Waals surface area (Å²) in [4.78, 5) is 12.0. The van der Waals surface area contributed by atoms with Gasteiger partial charge in [-0.3, -0.25) is 14.6 Å². The summed E-state index contributed by atoms with van der Waals surface area (Å²) in [5, 5.41) is 13.8. The molecular weight excluding hydrogens is 266 g/mol. The van der Waals surface area contributed by atoms with Gasteiger partial charge in [-0.2, -0.15) is 10.2 Å². The standard InChI is InChI=1S/C12H16ClN5O/c1-4-18-6-9(8(3)17-18)7(2)15-12(19)11-10(13)5-14-16-11/h5-7H,4H2,1-3H3,(H,14,16)(H,15,19). The van der Waals surface area contributed by atoms with Crippen LogP contribution in [0.15, 0.2) is 12.4 Å². The summed E-state index contributed by atoms with van der Waals surface area (Å²) >= 11 is 5.85. The molecule has 0 bridgehead atoms. The number of H-pyrrole nitrogens is 1. The minimum absolute atomic E-state index is 0.146. The van der Waals surface area contributed by atoms with Crippen molar-refractivity contribution < 1.29 is 4.79 Å². The predicted octanol–water partition coefficient (Wildman–Crippen LogP) is 2.08. The van der Waals surface area contributed by atoms with E-state index in [1.807, 2.05) is 31.6 Å². The molecule has 0 aromatic carbocycles. The van der Waals surface area contributed by atoms with Crippen LogP contribution in [-0.4, -0.2) is 25.9 Å². The molecule has 0 aliphatic carbocycles. The summed E-state index contributed by atoms with van der Waals surface area (Å²) in [6, 6.07) is -0.146. The van der Waals surface area contributed by atoms with E-state index in [1.54, 1.807) is 0 Å². The largest absolute Gasteiger partial charge is 0.344 e. The van der Waals surface area contributed by atoms with E-state index in [0.717, 1.165) is 17.8 Å². The third kappa shape index (κ3) is 2.78. The molecule has 1 atom stereocenters. The molecule has 0 fully saturated rings. The number of aromatic nitrogens is 4. The highest BCUT2D eigenvalue weighted by molar-refractivity contribution is 6.33. The molecule has 0 spiro atoms. The summed E-state index contributed by atoms with van der Waals surface area (Å²) in [6.07, 6.45) is 3.34. The summed E-state index contributed by atoms with van der Waals surface area (Å²) in [6.45, 7) is 6.65. The first-order chi connectivity index (χ1) is 9.02. The first kappa shape index (κ1) is 13.6. The Balaban J connectivity index is 2.12. The molecule has 2 aromatic rings. The van der Waals surface area contributed by atoms with E-state index in [2.05, 4.69) is 20.6 Å². The van der Waals surface area contributed by atoms with Crippen LogP contribution in [-0.2, 0) is 6.54 Å². The maximum Gasteiger partial charge on any atom is 0.271 e. The zero-order valence-corrected chi connectivity index (χ0v) is 11.8. The van der Waals surface area contributed by atoms with Gasteiger partial charge in [0, 0.05) is 18.3 Å². The Morgan fingerprint density at radius 3 is 2.89 bits per heavy atom. The van der Waals surface area contributed by atoms with Crippen molar-refractivity contribution >= 4 is 17.5 Å². The topological polar surface area (TPSA) is 75.6 Å². The molecule has 2 N–H and O–H groups in total. The fraction of sp³-hybridized carbons (Fsp3) is 0.417. The summed E-state index contributed by atoms with van der Waals surface area (Å²) in [7, 11) is 0. The van der Waals surface area contributed by atoms with E-state index in [0.29, 0.717) is 5.02 Å². The van der Waals surface area contributed by atoms with Crippen molar-refractivity contribution in [2.75, 3.05) is 0 Å². The van der Waals surface area contributed by atoms with Crippen molar-refractivity contribution in [2.24, 2.45) is 0 Å². The van der Waals surface area contributed by atoms with E-state index in [9.17, 15) is 4.79 Å². The minimum atomic E-state index is -0.279.